The molecule has 1 aliphatic heterocycles. The molecule has 0 saturated carbocycles. The molecule has 1 aliphatic rings. The molecule has 1 fully saturated rings. The van der Waals surface area contributed by atoms with Crippen molar-refractivity contribution in [3.05, 3.63) is 57.7 Å². The topological polar surface area (TPSA) is 61.4 Å². The predicted molar refractivity (Wildman–Crippen MR) is 117 cm³/mol. The van der Waals surface area contributed by atoms with Crippen molar-refractivity contribution < 1.29 is 9.59 Å². The number of amides is 2. The van der Waals surface area contributed by atoms with Crippen LogP contribution in [-0.4, -0.2) is 36.3 Å². The van der Waals surface area contributed by atoms with Crippen LogP contribution in [0, 0.1) is 16.4 Å². The second-order valence-electron chi connectivity index (χ2n) is 6.94. The number of rotatable bonds is 5. The first-order valence-corrected chi connectivity index (χ1v) is 10.2. The number of hydrogen-bond acceptors (Lipinski definition) is 3. The van der Waals surface area contributed by atoms with Crippen molar-refractivity contribution in [3.8, 4) is 0 Å². The van der Waals surface area contributed by atoms with Crippen molar-refractivity contribution in [2.75, 3.05) is 30.3 Å². The molecule has 27 heavy (non-hydrogen) atoms. The maximum absolute atomic E-state index is 12.5. The first-order chi connectivity index (χ1) is 13.0. The first kappa shape index (κ1) is 19.8. The number of carbonyl (C=O) groups excluding carboxylic acids is 2. The van der Waals surface area contributed by atoms with Crippen LogP contribution in [0.25, 0.3) is 0 Å². The van der Waals surface area contributed by atoms with Crippen LogP contribution in [0.3, 0.4) is 0 Å². The van der Waals surface area contributed by atoms with Gasteiger partial charge in [-0.3, -0.25) is 14.5 Å². The minimum Gasteiger partial charge on any atom is -0.326 e. The third kappa shape index (κ3) is 5.77. The number of anilines is 2. The highest BCUT2D eigenvalue weighted by Gasteiger charge is 2.27. The number of aryl methyl sites for hydroxylation is 1. The first-order valence-electron chi connectivity index (χ1n) is 9.15. The van der Waals surface area contributed by atoms with Crippen LogP contribution in [0.15, 0.2) is 48.5 Å². The monoisotopic (exact) mass is 477 g/mol. The van der Waals surface area contributed by atoms with Gasteiger partial charge in [0.05, 0.1) is 12.5 Å². The number of para-hydroxylation sites is 1. The zero-order valence-electron chi connectivity index (χ0n) is 15.4. The van der Waals surface area contributed by atoms with Crippen LogP contribution in [-0.2, 0) is 9.59 Å². The molecule has 2 aromatic carbocycles. The molecule has 3 rings (SSSR count). The number of piperidine rings is 1. The lowest BCUT2D eigenvalue weighted by molar-refractivity contribution is -0.123. The number of halogens is 1. The van der Waals surface area contributed by atoms with Gasteiger partial charge in [-0.05, 0) is 84.8 Å². The van der Waals surface area contributed by atoms with E-state index < -0.39 is 0 Å². The third-order valence-electron chi connectivity index (χ3n) is 4.75. The minimum atomic E-state index is -0.0909. The summed E-state index contributed by atoms with van der Waals surface area (Å²) in [6, 6.07) is 15.5. The Morgan fingerprint density at radius 3 is 2.67 bits per heavy atom. The number of carbonyl (C=O) groups is 2. The van der Waals surface area contributed by atoms with Gasteiger partial charge >= 0.3 is 0 Å². The van der Waals surface area contributed by atoms with Gasteiger partial charge in [0.15, 0.2) is 0 Å². The van der Waals surface area contributed by atoms with E-state index in [9.17, 15) is 9.59 Å². The summed E-state index contributed by atoms with van der Waals surface area (Å²) in [6.45, 7) is 3.75. The summed E-state index contributed by atoms with van der Waals surface area (Å²) in [4.78, 5) is 27.0. The van der Waals surface area contributed by atoms with Crippen LogP contribution >= 0.6 is 22.6 Å². The molecule has 0 radical (unpaired) electrons. The molecule has 1 atom stereocenters. The minimum absolute atomic E-state index is 0.0276. The number of nitrogens with zero attached hydrogens (tertiary/aromatic N) is 1. The molecule has 2 aromatic rings. The Balaban J connectivity index is 1.53. The van der Waals surface area contributed by atoms with E-state index in [1.54, 1.807) is 0 Å². The molecule has 0 aromatic heterocycles. The maximum Gasteiger partial charge on any atom is 0.238 e. The summed E-state index contributed by atoms with van der Waals surface area (Å²) in [6.07, 6.45) is 1.77. The van der Waals surface area contributed by atoms with E-state index in [0.29, 0.717) is 13.1 Å². The molecule has 6 heteroatoms. The quantitative estimate of drug-likeness (QED) is 0.643. The zero-order chi connectivity index (χ0) is 19.2. The van der Waals surface area contributed by atoms with E-state index in [0.717, 1.165) is 39.9 Å². The molecule has 0 aliphatic carbocycles. The second kappa shape index (κ2) is 9.32. The average Bonchev–Trinajstić information content (AvgIpc) is 2.65. The van der Waals surface area contributed by atoms with E-state index in [4.69, 9.17) is 0 Å². The Morgan fingerprint density at radius 1 is 1.15 bits per heavy atom. The van der Waals surface area contributed by atoms with Gasteiger partial charge in [0.1, 0.15) is 0 Å². The number of hydrogen-bond donors (Lipinski definition) is 2. The van der Waals surface area contributed by atoms with E-state index in [2.05, 4.69) is 38.1 Å². The summed E-state index contributed by atoms with van der Waals surface area (Å²) in [5.74, 6) is -0.102. The fourth-order valence-electron chi connectivity index (χ4n) is 3.34. The van der Waals surface area contributed by atoms with Gasteiger partial charge in [0.2, 0.25) is 11.8 Å². The predicted octanol–water partition coefficient (Wildman–Crippen LogP) is 3.89. The number of benzene rings is 2. The highest BCUT2D eigenvalue weighted by Crippen LogP contribution is 2.20. The fourth-order valence-corrected chi connectivity index (χ4v) is 3.99. The fraction of sp³-hybridized carbons (Fsp3) is 0.333. The van der Waals surface area contributed by atoms with Crippen molar-refractivity contribution in [3.63, 3.8) is 0 Å². The molecule has 0 spiro atoms. The lowest BCUT2D eigenvalue weighted by atomic mass is 9.97. The van der Waals surface area contributed by atoms with Crippen molar-refractivity contribution >= 4 is 45.8 Å². The van der Waals surface area contributed by atoms with Gasteiger partial charge in [-0.2, -0.15) is 0 Å². The van der Waals surface area contributed by atoms with E-state index in [1.165, 1.54) is 0 Å². The molecule has 2 amide bonds. The smallest absolute Gasteiger partial charge is 0.238 e. The average molecular weight is 477 g/mol. The van der Waals surface area contributed by atoms with E-state index >= 15 is 0 Å². The Hall–Kier alpha value is -1.93. The highest BCUT2D eigenvalue weighted by atomic mass is 127. The van der Waals surface area contributed by atoms with Crippen molar-refractivity contribution in [2.45, 2.75) is 19.8 Å². The molecule has 1 unspecified atom stereocenters. The zero-order valence-corrected chi connectivity index (χ0v) is 17.5. The summed E-state index contributed by atoms with van der Waals surface area (Å²) < 4.78 is 1.14. The number of nitrogens with one attached hydrogen (secondary N) is 2. The summed E-state index contributed by atoms with van der Waals surface area (Å²) in [7, 11) is 0. The van der Waals surface area contributed by atoms with Crippen LogP contribution in [0.1, 0.15) is 18.4 Å². The van der Waals surface area contributed by atoms with Crippen LogP contribution < -0.4 is 10.6 Å². The summed E-state index contributed by atoms with van der Waals surface area (Å²) in [5.41, 5.74) is 2.70. The molecule has 5 nitrogen and oxygen atoms in total. The normalized spacial score (nSPS) is 17.3. The van der Waals surface area contributed by atoms with Gasteiger partial charge in [-0.15, -0.1) is 0 Å². The van der Waals surface area contributed by atoms with Crippen LogP contribution in [0.5, 0.6) is 0 Å². The van der Waals surface area contributed by atoms with Crippen LogP contribution in [0.4, 0.5) is 11.4 Å². The molecular formula is C21H24IN3O2. The molecule has 2 N–H and O–H groups in total. The standard InChI is InChI=1S/C21H24IN3O2/c1-15-12-17(22)9-10-19(15)24-20(26)14-25-11-5-6-16(13-25)21(27)23-18-7-3-2-4-8-18/h2-4,7-10,12,16H,5-6,11,13-14H2,1H3,(H,23,27)(H,24,26). The number of likely N-dealkylation sites (tertiary alicyclic amines) is 1. The molecular weight excluding hydrogens is 453 g/mol. The van der Waals surface area contributed by atoms with E-state index in [-0.39, 0.29) is 17.7 Å². The highest BCUT2D eigenvalue weighted by molar-refractivity contribution is 14.1. The Labute approximate surface area is 173 Å². The van der Waals surface area contributed by atoms with Crippen molar-refractivity contribution in [2.24, 2.45) is 5.92 Å². The van der Waals surface area contributed by atoms with Gasteiger partial charge < -0.3 is 10.6 Å². The largest absolute Gasteiger partial charge is 0.326 e. The SMILES string of the molecule is Cc1cc(I)ccc1NC(=O)CN1CCCC(C(=O)Nc2ccccc2)C1. The summed E-state index contributed by atoms with van der Waals surface area (Å²) >= 11 is 2.26. The molecule has 0 bridgehead atoms. The van der Waals surface area contributed by atoms with E-state index in [1.807, 2.05) is 55.5 Å². The Kier molecular flexibility index (Phi) is 6.84. The van der Waals surface area contributed by atoms with Crippen LogP contribution in [0.2, 0.25) is 0 Å². The maximum atomic E-state index is 12.5. The lowest BCUT2D eigenvalue weighted by Crippen LogP contribution is -2.44. The van der Waals surface area contributed by atoms with Crippen molar-refractivity contribution in [1.82, 2.24) is 4.90 Å². The molecule has 1 heterocycles. The Morgan fingerprint density at radius 2 is 1.93 bits per heavy atom. The second-order valence-corrected chi connectivity index (χ2v) is 8.18. The third-order valence-corrected chi connectivity index (χ3v) is 5.42. The van der Waals surface area contributed by atoms with Gasteiger partial charge in [0, 0.05) is 21.5 Å². The van der Waals surface area contributed by atoms with Crippen molar-refractivity contribution in [1.29, 1.82) is 0 Å². The summed E-state index contributed by atoms with van der Waals surface area (Å²) in [5, 5.41) is 5.96. The molecule has 142 valence electrons. The molecule has 1 saturated heterocycles. The van der Waals surface area contributed by atoms with Gasteiger partial charge in [0.25, 0.3) is 0 Å². The van der Waals surface area contributed by atoms with Gasteiger partial charge in [-0.1, -0.05) is 18.2 Å². The Bertz CT molecular complexity index is 810. The van der Waals surface area contributed by atoms with Gasteiger partial charge in [-0.25, -0.2) is 0 Å². The lowest BCUT2D eigenvalue weighted by Gasteiger charge is -2.31.